The standard InChI is InChI=1S/C20H21NO3S/c1-4-24-20(23)19-16-11-14(22)7-10-17(16)21(3)18(19)12-25-15-8-5-13(2)6-9-15/h5-11,22H,4,12H2,1-3H3. The molecule has 0 aliphatic rings. The molecule has 1 N–H and O–H groups in total. The Morgan fingerprint density at radius 2 is 1.92 bits per heavy atom. The number of fused-ring (bicyclic) bond motifs is 1. The number of phenols is 1. The normalized spacial score (nSPS) is 11.0. The molecule has 4 nitrogen and oxygen atoms in total. The third-order valence-electron chi connectivity index (χ3n) is 4.18. The number of esters is 1. The SMILES string of the molecule is CCOC(=O)c1c(CSc2ccc(C)cc2)n(C)c2ccc(O)cc12. The topological polar surface area (TPSA) is 51.5 Å². The molecule has 0 aliphatic carbocycles. The summed E-state index contributed by atoms with van der Waals surface area (Å²) in [6.07, 6.45) is 0. The first-order chi connectivity index (χ1) is 12.0. The Morgan fingerprint density at radius 3 is 2.60 bits per heavy atom. The molecule has 5 heteroatoms. The average molecular weight is 355 g/mol. The highest BCUT2D eigenvalue weighted by molar-refractivity contribution is 7.98. The molecule has 0 amide bonds. The van der Waals surface area contributed by atoms with Crippen molar-refractivity contribution in [3.63, 3.8) is 0 Å². The van der Waals surface area contributed by atoms with E-state index in [-0.39, 0.29) is 11.7 Å². The lowest BCUT2D eigenvalue weighted by Gasteiger charge is -2.08. The number of aryl methyl sites for hydroxylation is 2. The Morgan fingerprint density at radius 1 is 1.20 bits per heavy atom. The molecule has 1 aromatic heterocycles. The second-order valence-corrected chi connectivity index (χ2v) is 6.95. The van der Waals surface area contributed by atoms with Crippen LogP contribution in [0.1, 0.15) is 28.5 Å². The Labute approximate surface area is 151 Å². The minimum Gasteiger partial charge on any atom is -0.508 e. The summed E-state index contributed by atoms with van der Waals surface area (Å²) in [4.78, 5) is 13.7. The number of aromatic nitrogens is 1. The Kier molecular flexibility index (Phi) is 5.04. The van der Waals surface area contributed by atoms with E-state index >= 15 is 0 Å². The summed E-state index contributed by atoms with van der Waals surface area (Å²) in [7, 11) is 1.94. The zero-order valence-corrected chi connectivity index (χ0v) is 15.4. The van der Waals surface area contributed by atoms with Crippen molar-refractivity contribution in [2.75, 3.05) is 6.61 Å². The first-order valence-corrected chi connectivity index (χ1v) is 9.16. The van der Waals surface area contributed by atoms with Crippen LogP contribution in [0.5, 0.6) is 5.75 Å². The first kappa shape index (κ1) is 17.4. The third kappa shape index (κ3) is 3.51. The fraction of sp³-hybridized carbons (Fsp3) is 0.250. The predicted molar refractivity (Wildman–Crippen MR) is 101 cm³/mol. The molecule has 0 spiro atoms. The van der Waals surface area contributed by atoms with Crippen LogP contribution in [0.25, 0.3) is 10.9 Å². The number of nitrogens with zero attached hydrogens (tertiary/aromatic N) is 1. The van der Waals surface area contributed by atoms with Gasteiger partial charge >= 0.3 is 5.97 Å². The lowest BCUT2D eigenvalue weighted by molar-refractivity contribution is 0.0527. The molecular formula is C20H21NO3S. The smallest absolute Gasteiger partial charge is 0.340 e. The second-order valence-electron chi connectivity index (χ2n) is 5.90. The predicted octanol–water partition coefficient (Wildman–Crippen LogP) is 4.66. The highest BCUT2D eigenvalue weighted by Crippen LogP contribution is 2.33. The molecule has 0 aliphatic heterocycles. The van der Waals surface area contributed by atoms with E-state index in [9.17, 15) is 9.90 Å². The summed E-state index contributed by atoms with van der Waals surface area (Å²) in [6.45, 7) is 4.17. The number of aromatic hydroxyl groups is 1. The van der Waals surface area contributed by atoms with Crippen molar-refractivity contribution in [3.05, 3.63) is 59.3 Å². The van der Waals surface area contributed by atoms with Gasteiger partial charge in [-0.15, -0.1) is 11.8 Å². The van der Waals surface area contributed by atoms with Crippen molar-refractivity contribution in [1.29, 1.82) is 0 Å². The largest absolute Gasteiger partial charge is 0.508 e. The lowest BCUT2D eigenvalue weighted by atomic mass is 10.1. The van der Waals surface area contributed by atoms with E-state index in [4.69, 9.17) is 4.74 Å². The molecule has 0 radical (unpaired) electrons. The zero-order chi connectivity index (χ0) is 18.0. The molecule has 0 fully saturated rings. The molecule has 130 valence electrons. The number of hydrogen-bond acceptors (Lipinski definition) is 4. The van der Waals surface area contributed by atoms with Crippen LogP contribution in [-0.4, -0.2) is 22.2 Å². The second kappa shape index (κ2) is 7.23. The van der Waals surface area contributed by atoms with E-state index in [1.54, 1.807) is 30.8 Å². The molecule has 0 unspecified atom stereocenters. The van der Waals surface area contributed by atoms with Crippen LogP contribution >= 0.6 is 11.8 Å². The van der Waals surface area contributed by atoms with Gasteiger partial charge in [-0.25, -0.2) is 4.79 Å². The van der Waals surface area contributed by atoms with Gasteiger partial charge < -0.3 is 14.4 Å². The summed E-state index contributed by atoms with van der Waals surface area (Å²) >= 11 is 1.67. The number of thioether (sulfide) groups is 1. The average Bonchev–Trinajstić information content (AvgIpc) is 2.86. The van der Waals surface area contributed by atoms with E-state index in [1.165, 1.54) is 5.56 Å². The maximum Gasteiger partial charge on any atom is 0.340 e. The number of ether oxygens (including phenoxy) is 1. The van der Waals surface area contributed by atoms with Gasteiger partial charge in [0.05, 0.1) is 12.2 Å². The number of rotatable bonds is 5. The van der Waals surface area contributed by atoms with Crippen LogP contribution in [0.3, 0.4) is 0 Å². The molecule has 2 aromatic carbocycles. The molecule has 0 bridgehead atoms. The third-order valence-corrected chi connectivity index (χ3v) is 5.20. The quantitative estimate of drug-likeness (QED) is 0.534. The van der Waals surface area contributed by atoms with Gasteiger partial charge in [-0.1, -0.05) is 17.7 Å². The zero-order valence-electron chi connectivity index (χ0n) is 14.6. The van der Waals surface area contributed by atoms with Crippen molar-refractivity contribution < 1.29 is 14.6 Å². The minimum absolute atomic E-state index is 0.140. The van der Waals surface area contributed by atoms with Gasteiger partial charge in [0.25, 0.3) is 0 Å². The molecule has 1 heterocycles. The van der Waals surface area contributed by atoms with Crippen molar-refractivity contribution in [1.82, 2.24) is 4.57 Å². The Balaban J connectivity index is 2.02. The Hall–Kier alpha value is -2.40. The number of benzene rings is 2. The van der Waals surface area contributed by atoms with Crippen molar-refractivity contribution >= 4 is 28.6 Å². The first-order valence-electron chi connectivity index (χ1n) is 8.18. The fourth-order valence-electron chi connectivity index (χ4n) is 2.87. The monoisotopic (exact) mass is 355 g/mol. The summed E-state index contributed by atoms with van der Waals surface area (Å²) in [5.74, 6) is 0.433. The fourth-order valence-corrected chi connectivity index (χ4v) is 3.84. The molecule has 3 rings (SSSR count). The summed E-state index contributed by atoms with van der Waals surface area (Å²) in [6, 6.07) is 13.4. The van der Waals surface area contributed by atoms with E-state index < -0.39 is 0 Å². The van der Waals surface area contributed by atoms with Crippen LogP contribution < -0.4 is 0 Å². The summed E-state index contributed by atoms with van der Waals surface area (Å²) in [5.41, 5.74) is 3.55. The van der Waals surface area contributed by atoms with Crippen molar-refractivity contribution in [2.24, 2.45) is 7.05 Å². The van der Waals surface area contributed by atoms with E-state index in [1.807, 2.05) is 17.7 Å². The maximum absolute atomic E-state index is 12.5. The van der Waals surface area contributed by atoms with Gasteiger partial charge in [0, 0.05) is 34.3 Å². The van der Waals surface area contributed by atoms with Crippen LogP contribution in [0.15, 0.2) is 47.4 Å². The molecule has 0 saturated carbocycles. The maximum atomic E-state index is 12.5. The number of hydrogen-bond donors (Lipinski definition) is 1. The van der Waals surface area contributed by atoms with Crippen LogP contribution in [0.2, 0.25) is 0 Å². The highest BCUT2D eigenvalue weighted by atomic mass is 32.2. The van der Waals surface area contributed by atoms with E-state index in [2.05, 4.69) is 31.2 Å². The van der Waals surface area contributed by atoms with Gasteiger partial charge in [-0.3, -0.25) is 0 Å². The van der Waals surface area contributed by atoms with Gasteiger partial charge in [-0.2, -0.15) is 0 Å². The summed E-state index contributed by atoms with van der Waals surface area (Å²) in [5, 5.41) is 10.6. The van der Waals surface area contributed by atoms with Crippen molar-refractivity contribution in [3.8, 4) is 5.75 Å². The molecule has 3 aromatic rings. The van der Waals surface area contributed by atoms with Crippen molar-refractivity contribution in [2.45, 2.75) is 24.5 Å². The number of phenolic OH excluding ortho intramolecular Hbond substituents is 1. The number of carbonyl (C=O) groups excluding carboxylic acids is 1. The lowest BCUT2D eigenvalue weighted by Crippen LogP contribution is -2.08. The molecule has 0 saturated heterocycles. The van der Waals surface area contributed by atoms with E-state index in [0.717, 1.165) is 21.5 Å². The molecule has 25 heavy (non-hydrogen) atoms. The molecular weight excluding hydrogens is 334 g/mol. The van der Waals surface area contributed by atoms with Gasteiger partial charge in [0.15, 0.2) is 0 Å². The van der Waals surface area contributed by atoms with Gasteiger partial charge in [0.2, 0.25) is 0 Å². The van der Waals surface area contributed by atoms with Crippen LogP contribution in [-0.2, 0) is 17.5 Å². The summed E-state index contributed by atoms with van der Waals surface area (Å²) < 4.78 is 7.26. The highest BCUT2D eigenvalue weighted by Gasteiger charge is 2.22. The van der Waals surface area contributed by atoms with Gasteiger partial charge in [0.1, 0.15) is 5.75 Å². The van der Waals surface area contributed by atoms with Crippen LogP contribution in [0, 0.1) is 6.92 Å². The minimum atomic E-state index is -0.349. The van der Waals surface area contributed by atoms with Crippen LogP contribution in [0.4, 0.5) is 0 Å². The van der Waals surface area contributed by atoms with Gasteiger partial charge in [-0.05, 0) is 44.2 Å². The number of carbonyl (C=O) groups is 1. The molecule has 0 atom stereocenters. The Bertz CT molecular complexity index is 913. The van der Waals surface area contributed by atoms with E-state index in [0.29, 0.717) is 17.9 Å².